The van der Waals surface area contributed by atoms with E-state index >= 15 is 0 Å². The number of piperazine rings is 1. The third-order valence-corrected chi connectivity index (χ3v) is 5.24. The average molecular weight is 292 g/mol. The second-order valence-electron chi connectivity index (χ2n) is 6.08. The molecule has 112 valence electrons. The highest BCUT2D eigenvalue weighted by molar-refractivity contribution is 7.89. The van der Waals surface area contributed by atoms with Gasteiger partial charge in [0.25, 0.3) is 0 Å². The molecular weight excluding hydrogens is 268 g/mol. The van der Waals surface area contributed by atoms with Crippen molar-refractivity contribution in [2.24, 2.45) is 16.3 Å². The minimum atomic E-state index is -3.20. The second kappa shape index (κ2) is 6.06. The van der Waals surface area contributed by atoms with Crippen LogP contribution in [0.4, 0.5) is 0 Å². The topological polar surface area (TPSA) is 99.2 Å². The molecule has 0 bridgehead atoms. The molecule has 1 rings (SSSR count). The van der Waals surface area contributed by atoms with Crippen LogP contribution in [0.5, 0.6) is 0 Å². The lowest BCUT2D eigenvalue weighted by Crippen LogP contribution is -2.51. The maximum absolute atomic E-state index is 12.2. The third-order valence-electron chi connectivity index (χ3n) is 2.85. The lowest BCUT2D eigenvalue weighted by Gasteiger charge is -2.34. The predicted molar refractivity (Wildman–Crippen MR) is 74.7 cm³/mol. The molecule has 8 heteroatoms. The molecule has 0 radical (unpaired) electrons. The van der Waals surface area contributed by atoms with Gasteiger partial charge in [0.05, 0.1) is 12.3 Å². The van der Waals surface area contributed by atoms with Gasteiger partial charge in [0.2, 0.25) is 10.0 Å². The summed E-state index contributed by atoms with van der Waals surface area (Å²) in [6.07, 6.45) is 0. The number of hydrogen-bond acceptors (Lipinski definition) is 5. The Bertz CT molecular complexity index is 420. The van der Waals surface area contributed by atoms with Gasteiger partial charge in [-0.15, -0.1) is 0 Å². The summed E-state index contributed by atoms with van der Waals surface area (Å²) in [5, 5.41) is 11.4. The molecule has 1 aliphatic heterocycles. The first-order valence-corrected chi connectivity index (χ1v) is 7.91. The molecule has 1 heterocycles. The predicted octanol–water partition coefficient (Wildman–Crippen LogP) is -0.274. The number of amidine groups is 1. The van der Waals surface area contributed by atoms with Crippen LogP contribution in [0.1, 0.15) is 20.8 Å². The van der Waals surface area contributed by atoms with Gasteiger partial charge in [-0.1, -0.05) is 25.9 Å². The molecule has 0 spiro atoms. The molecule has 1 saturated heterocycles. The quantitative estimate of drug-likeness (QED) is 0.321. The van der Waals surface area contributed by atoms with Crippen molar-refractivity contribution < 1.29 is 13.6 Å². The standard InChI is InChI=1S/C11H24N4O3S/c1-11(2,3)9-19(17,18)15-6-4-14(5-7-15)8-10(12)13-16/h16H,4-9H2,1-3H3,(H2,12,13). The zero-order chi connectivity index (χ0) is 14.7. The fourth-order valence-corrected chi connectivity index (χ4v) is 4.06. The monoisotopic (exact) mass is 292 g/mol. The summed E-state index contributed by atoms with van der Waals surface area (Å²) < 4.78 is 25.9. The van der Waals surface area contributed by atoms with Crippen molar-refractivity contribution in [1.29, 1.82) is 0 Å². The van der Waals surface area contributed by atoms with Gasteiger partial charge in [-0.05, 0) is 5.41 Å². The summed E-state index contributed by atoms with van der Waals surface area (Å²) in [6, 6.07) is 0. The molecule has 19 heavy (non-hydrogen) atoms. The van der Waals surface area contributed by atoms with E-state index in [-0.39, 0.29) is 17.0 Å². The summed E-state index contributed by atoms with van der Waals surface area (Å²) in [5.74, 6) is 0.297. The number of rotatable bonds is 4. The summed E-state index contributed by atoms with van der Waals surface area (Å²) in [5.41, 5.74) is 5.19. The van der Waals surface area contributed by atoms with Gasteiger partial charge in [0.1, 0.15) is 0 Å². The smallest absolute Gasteiger partial charge is 0.214 e. The van der Waals surface area contributed by atoms with Crippen molar-refractivity contribution >= 4 is 15.9 Å². The summed E-state index contributed by atoms with van der Waals surface area (Å²) in [6.45, 7) is 8.22. The van der Waals surface area contributed by atoms with Gasteiger partial charge in [0.15, 0.2) is 5.84 Å². The molecule has 0 atom stereocenters. The summed E-state index contributed by atoms with van der Waals surface area (Å²) >= 11 is 0. The lowest BCUT2D eigenvalue weighted by molar-refractivity contribution is 0.205. The van der Waals surface area contributed by atoms with Crippen LogP contribution in [0.15, 0.2) is 5.16 Å². The van der Waals surface area contributed by atoms with E-state index in [0.29, 0.717) is 32.7 Å². The highest BCUT2D eigenvalue weighted by Gasteiger charge is 2.30. The van der Waals surface area contributed by atoms with Crippen LogP contribution in [-0.4, -0.2) is 67.1 Å². The Labute approximate surface area is 115 Å². The SMILES string of the molecule is CC(C)(C)CS(=O)(=O)N1CCN(CC(N)=NO)CC1. The van der Waals surface area contributed by atoms with Crippen molar-refractivity contribution in [3.8, 4) is 0 Å². The van der Waals surface area contributed by atoms with E-state index in [1.165, 1.54) is 4.31 Å². The number of nitrogens with zero attached hydrogens (tertiary/aromatic N) is 3. The van der Waals surface area contributed by atoms with Crippen LogP contribution >= 0.6 is 0 Å². The van der Waals surface area contributed by atoms with Gasteiger partial charge < -0.3 is 10.9 Å². The minimum Gasteiger partial charge on any atom is -0.409 e. The van der Waals surface area contributed by atoms with Crippen LogP contribution in [0, 0.1) is 5.41 Å². The average Bonchev–Trinajstić information content (AvgIpc) is 2.26. The Morgan fingerprint density at radius 3 is 2.21 bits per heavy atom. The molecule has 1 aliphatic rings. The molecule has 3 N–H and O–H groups in total. The Hall–Kier alpha value is -0.860. The van der Waals surface area contributed by atoms with E-state index in [2.05, 4.69) is 5.16 Å². The van der Waals surface area contributed by atoms with E-state index < -0.39 is 10.0 Å². The Morgan fingerprint density at radius 1 is 1.26 bits per heavy atom. The van der Waals surface area contributed by atoms with Crippen molar-refractivity contribution in [1.82, 2.24) is 9.21 Å². The van der Waals surface area contributed by atoms with E-state index in [9.17, 15) is 8.42 Å². The van der Waals surface area contributed by atoms with Crippen LogP contribution in [0.3, 0.4) is 0 Å². The van der Waals surface area contributed by atoms with Crippen LogP contribution < -0.4 is 5.73 Å². The first-order chi connectivity index (χ1) is 8.64. The first kappa shape index (κ1) is 16.2. The number of oxime groups is 1. The van der Waals surface area contributed by atoms with Gasteiger partial charge in [-0.25, -0.2) is 8.42 Å². The first-order valence-electron chi connectivity index (χ1n) is 6.31. The van der Waals surface area contributed by atoms with Gasteiger partial charge in [0, 0.05) is 26.2 Å². The van der Waals surface area contributed by atoms with Crippen LogP contribution in [0.25, 0.3) is 0 Å². The zero-order valence-corrected chi connectivity index (χ0v) is 12.7. The van der Waals surface area contributed by atoms with E-state index in [0.717, 1.165) is 0 Å². The summed E-state index contributed by atoms with van der Waals surface area (Å²) in [7, 11) is -3.20. The Kier molecular flexibility index (Phi) is 5.17. The molecule has 1 fully saturated rings. The second-order valence-corrected chi connectivity index (χ2v) is 8.05. The Morgan fingerprint density at radius 2 is 1.79 bits per heavy atom. The van der Waals surface area contributed by atoms with Gasteiger partial charge >= 0.3 is 0 Å². The van der Waals surface area contributed by atoms with Gasteiger partial charge in [-0.2, -0.15) is 4.31 Å². The lowest BCUT2D eigenvalue weighted by atomic mass is 10.0. The van der Waals surface area contributed by atoms with Crippen molar-refractivity contribution in [3.05, 3.63) is 0 Å². The maximum Gasteiger partial charge on any atom is 0.214 e. The zero-order valence-electron chi connectivity index (χ0n) is 11.8. The maximum atomic E-state index is 12.2. The largest absolute Gasteiger partial charge is 0.409 e. The van der Waals surface area contributed by atoms with Crippen molar-refractivity contribution in [2.45, 2.75) is 20.8 Å². The minimum absolute atomic E-state index is 0.144. The third kappa shape index (κ3) is 5.33. The van der Waals surface area contributed by atoms with Crippen molar-refractivity contribution in [3.63, 3.8) is 0 Å². The highest BCUT2D eigenvalue weighted by Crippen LogP contribution is 2.19. The van der Waals surface area contributed by atoms with Crippen LogP contribution in [0.2, 0.25) is 0 Å². The van der Waals surface area contributed by atoms with E-state index in [1.54, 1.807) is 0 Å². The van der Waals surface area contributed by atoms with E-state index in [4.69, 9.17) is 10.9 Å². The van der Waals surface area contributed by atoms with E-state index in [1.807, 2.05) is 25.7 Å². The molecular formula is C11H24N4O3S. The number of sulfonamides is 1. The molecule has 0 amide bonds. The number of nitrogens with two attached hydrogens (primary N) is 1. The molecule has 0 aromatic carbocycles. The fourth-order valence-electron chi connectivity index (χ4n) is 2.07. The highest BCUT2D eigenvalue weighted by atomic mass is 32.2. The summed E-state index contributed by atoms with van der Waals surface area (Å²) in [4.78, 5) is 1.97. The van der Waals surface area contributed by atoms with Crippen molar-refractivity contribution in [2.75, 3.05) is 38.5 Å². The number of hydrogen-bond donors (Lipinski definition) is 2. The molecule has 0 aliphatic carbocycles. The van der Waals surface area contributed by atoms with Crippen LogP contribution in [-0.2, 0) is 10.0 Å². The molecule has 0 unspecified atom stereocenters. The molecule has 0 saturated carbocycles. The molecule has 0 aromatic heterocycles. The Balaban J connectivity index is 2.54. The molecule has 7 nitrogen and oxygen atoms in total. The molecule has 0 aromatic rings. The van der Waals surface area contributed by atoms with Gasteiger partial charge in [-0.3, -0.25) is 4.90 Å². The normalized spacial score (nSPS) is 20.7. The fraction of sp³-hybridized carbons (Fsp3) is 0.909.